The van der Waals surface area contributed by atoms with Gasteiger partial charge in [0.1, 0.15) is 18.3 Å². The number of nitrogens with zero attached hydrogens (tertiary/aromatic N) is 1. The van der Waals surface area contributed by atoms with Crippen molar-refractivity contribution < 1.29 is 40.2 Å². The molecule has 24 heavy (non-hydrogen) atoms. The summed E-state index contributed by atoms with van der Waals surface area (Å²) < 4.78 is 5.13. The summed E-state index contributed by atoms with van der Waals surface area (Å²) in [5.74, 6) is -2.89. The Labute approximate surface area is 136 Å². The number of amides is 1. The van der Waals surface area contributed by atoms with Crippen molar-refractivity contribution in [2.75, 3.05) is 6.61 Å². The Morgan fingerprint density at radius 3 is 2.42 bits per heavy atom. The monoisotopic (exact) mass is 350 g/mol. The minimum atomic E-state index is -1.70. The van der Waals surface area contributed by atoms with Gasteiger partial charge in [-0.25, -0.2) is 9.79 Å². The zero-order valence-electron chi connectivity index (χ0n) is 12.8. The molecule has 0 aliphatic carbocycles. The van der Waals surface area contributed by atoms with Crippen molar-refractivity contribution >= 4 is 17.8 Å². The Bertz CT molecular complexity index is 519. The second-order valence-corrected chi connectivity index (χ2v) is 4.93. The van der Waals surface area contributed by atoms with Crippen LogP contribution >= 0.6 is 0 Å². The molecule has 5 unspecified atom stereocenters. The molecule has 0 fully saturated rings. The molecule has 11 N–H and O–H groups in total. The summed E-state index contributed by atoms with van der Waals surface area (Å²) in [6.07, 6.45) is -3.65. The van der Waals surface area contributed by atoms with E-state index in [1.54, 1.807) is 0 Å². The second kappa shape index (κ2) is 9.02. The molecule has 1 heterocycles. The van der Waals surface area contributed by atoms with Crippen LogP contribution in [0.1, 0.15) is 6.92 Å². The normalized spacial score (nSPS) is 25.2. The van der Waals surface area contributed by atoms with Crippen LogP contribution in [-0.4, -0.2) is 80.7 Å². The van der Waals surface area contributed by atoms with Gasteiger partial charge in [0.05, 0.1) is 18.7 Å². The largest absolute Gasteiger partial charge is 0.478 e. The molecule has 0 aromatic heterocycles. The lowest BCUT2D eigenvalue weighted by atomic mass is 9.92. The van der Waals surface area contributed by atoms with Crippen molar-refractivity contribution in [3.8, 4) is 0 Å². The summed E-state index contributed by atoms with van der Waals surface area (Å²) in [6, 6.07) is -2.11. The number of carboxylic acid groups (broad SMARTS) is 1. The number of aliphatic hydroxyl groups excluding tert-OH is 3. The van der Waals surface area contributed by atoms with Crippen LogP contribution in [0.3, 0.4) is 0 Å². The number of hydrogen-bond donors (Lipinski definition) is 7. The molecular formula is C12H22N4O8. The molecule has 0 radical (unpaired) electrons. The lowest BCUT2D eigenvalue weighted by Gasteiger charge is -2.38. The van der Waals surface area contributed by atoms with E-state index in [0.29, 0.717) is 0 Å². The predicted molar refractivity (Wildman–Crippen MR) is 80.5 cm³/mol. The van der Waals surface area contributed by atoms with Crippen molar-refractivity contribution in [1.29, 1.82) is 0 Å². The van der Waals surface area contributed by atoms with Crippen molar-refractivity contribution in [1.82, 2.24) is 5.32 Å². The zero-order chi connectivity index (χ0) is 17.7. The minimum absolute atomic E-state index is 0. The number of carbonyl (C=O) groups excluding carboxylic acids is 1. The van der Waals surface area contributed by atoms with Gasteiger partial charge in [0, 0.05) is 6.92 Å². The summed E-state index contributed by atoms with van der Waals surface area (Å²) in [5, 5.41) is 40.1. The summed E-state index contributed by atoms with van der Waals surface area (Å²) >= 11 is 0. The third-order valence-electron chi connectivity index (χ3n) is 3.10. The number of ether oxygens (including phenoxy) is 1. The average molecular weight is 350 g/mol. The number of guanidine groups is 1. The van der Waals surface area contributed by atoms with Gasteiger partial charge >= 0.3 is 5.97 Å². The molecule has 138 valence electrons. The van der Waals surface area contributed by atoms with Gasteiger partial charge in [-0.05, 0) is 6.08 Å². The number of aliphatic hydroxyl groups is 3. The maximum absolute atomic E-state index is 11.4. The molecule has 12 heteroatoms. The van der Waals surface area contributed by atoms with Crippen LogP contribution < -0.4 is 16.8 Å². The molecule has 0 aromatic rings. The van der Waals surface area contributed by atoms with Gasteiger partial charge < -0.3 is 47.4 Å². The predicted octanol–water partition coefficient (Wildman–Crippen LogP) is -4.61. The molecule has 12 nitrogen and oxygen atoms in total. The van der Waals surface area contributed by atoms with E-state index >= 15 is 0 Å². The maximum Gasteiger partial charge on any atom is 0.370 e. The van der Waals surface area contributed by atoms with Gasteiger partial charge in [0.2, 0.25) is 11.7 Å². The Kier molecular flexibility index (Phi) is 8.12. The molecule has 1 aliphatic heterocycles. The van der Waals surface area contributed by atoms with E-state index in [9.17, 15) is 19.8 Å². The Hall–Kier alpha value is -2.41. The fourth-order valence-electron chi connectivity index (χ4n) is 2.14. The fourth-order valence-corrected chi connectivity index (χ4v) is 2.14. The highest BCUT2D eigenvalue weighted by Crippen LogP contribution is 2.24. The molecule has 0 saturated carbocycles. The third kappa shape index (κ3) is 5.34. The van der Waals surface area contributed by atoms with E-state index in [1.165, 1.54) is 6.92 Å². The third-order valence-corrected chi connectivity index (χ3v) is 3.10. The van der Waals surface area contributed by atoms with Crippen molar-refractivity contribution in [3.63, 3.8) is 0 Å². The molecule has 0 saturated heterocycles. The van der Waals surface area contributed by atoms with Crippen molar-refractivity contribution in [2.45, 2.75) is 37.3 Å². The average Bonchev–Trinajstić information content (AvgIpc) is 2.45. The van der Waals surface area contributed by atoms with Crippen LogP contribution in [0.15, 0.2) is 16.8 Å². The number of nitrogens with one attached hydrogen (secondary N) is 1. The van der Waals surface area contributed by atoms with Crippen LogP contribution in [0, 0.1) is 0 Å². The van der Waals surface area contributed by atoms with Crippen LogP contribution in [0.4, 0.5) is 0 Å². The Balaban J connectivity index is 0.00000529. The number of aliphatic carboxylic acids is 1. The van der Waals surface area contributed by atoms with E-state index in [4.69, 9.17) is 26.4 Å². The van der Waals surface area contributed by atoms with Gasteiger partial charge in [0.25, 0.3) is 0 Å². The molecule has 0 aromatic carbocycles. The number of hydrogen-bond acceptors (Lipinski definition) is 7. The highest BCUT2D eigenvalue weighted by atomic mass is 16.5. The van der Waals surface area contributed by atoms with Crippen LogP contribution in [-0.2, 0) is 14.3 Å². The first-order chi connectivity index (χ1) is 10.7. The number of aliphatic imine (C=N–C) groups is 1. The Morgan fingerprint density at radius 1 is 1.42 bits per heavy atom. The van der Waals surface area contributed by atoms with E-state index < -0.39 is 54.6 Å². The topological polar surface area (TPSA) is 232 Å². The van der Waals surface area contributed by atoms with Crippen LogP contribution in [0.25, 0.3) is 0 Å². The molecule has 5 atom stereocenters. The van der Waals surface area contributed by atoms with Crippen LogP contribution in [0.5, 0.6) is 0 Å². The minimum Gasteiger partial charge on any atom is -0.478 e. The fraction of sp³-hybridized carbons (Fsp3) is 0.583. The van der Waals surface area contributed by atoms with Gasteiger partial charge in [-0.15, -0.1) is 0 Å². The molecular weight excluding hydrogens is 328 g/mol. The standard InChI is InChI=1S/C12H20N4O7.H2O/c1-4(18)15-8-5(16-12(13)14)2-7(11(21)22)23-10(8)9(20)6(19)3-17;/h2,5-6,8-10,17,19-20H,3H2,1H3,(H,15,18)(H,21,22)(H4,13,14,16);1H2. The molecule has 1 aliphatic rings. The summed E-state index contributed by atoms with van der Waals surface area (Å²) in [7, 11) is 0. The first-order valence-corrected chi connectivity index (χ1v) is 6.62. The van der Waals surface area contributed by atoms with Crippen LogP contribution in [0.2, 0.25) is 0 Å². The van der Waals surface area contributed by atoms with Crippen molar-refractivity contribution in [3.05, 3.63) is 11.8 Å². The molecule has 0 spiro atoms. The smallest absolute Gasteiger partial charge is 0.370 e. The summed E-state index contributed by atoms with van der Waals surface area (Å²) in [5.41, 5.74) is 10.6. The molecule has 1 rings (SSSR count). The van der Waals surface area contributed by atoms with Gasteiger partial charge in [-0.1, -0.05) is 0 Å². The summed E-state index contributed by atoms with van der Waals surface area (Å²) in [4.78, 5) is 26.3. The molecule has 0 bridgehead atoms. The molecule has 1 amide bonds. The lowest BCUT2D eigenvalue weighted by Crippen LogP contribution is -2.59. The van der Waals surface area contributed by atoms with Gasteiger partial charge in [-0.3, -0.25) is 4.79 Å². The van der Waals surface area contributed by atoms with Gasteiger partial charge in [-0.2, -0.15) is 0 Å². The van der Waals surface area contributed by atoms with E-state index in [1.807, 2.05) is 0 Å². The number of carboxylic acids is 1. The van der Waals surface area contributed by atoms with Crippen molar-refractivity contribution in [2.24, 2.45) is 16.5 Å². The summed E-state index contributed by atoms with van der Waals surface area (Å²) in [6.45, 7) is 0.391. The maximum atomic E-state index is 11.4. The van der Waals surface area contributed by atoms with E-state index in [2.05, 4.69) is 10.3 Å². The zero-order valence-corrected chi connectivity index (χ0v) is 12.8. The first-order valence-electron chi connectivity index (χ1n) is 6.62. The highest BCUT2D eigenvalue weighted by Gasteiger charge is 2.43. The van der Waals surface area contributed by atoms with Gasteiger partial charge in [0.15, 0.2) is 5.96 Å². The second-order valence-electron chi connectivity index (χ2n) is 4.93. The number of rotatable bonds is 6. The van der Waals surface area contributed by atoms with E-state index in [-0.39, 0.29) is 11.4 Å². The quantitative estimate of drug-likeness (QED) is 0.180. The SMILES string of the molecule is CC(=O)NC1C(N=C(N)N)C=C(C(=O)O)OC1C(O)C(O)CO.O. The van der Waals surface area contributed by atoms with E-state index in [0.717, 1.165) is 6.08 Å². The first kappa shape index (κ1) is 21.6. The Morgan fingerprint density at radius 2 is 2.00 bits per heavy atom. The highest BCUT2D eigenvalue weighted by molar-refractivity contribution is 5.85. The number of nitrogens with two attached hydrogens (primary N) is 2. The number of carbonyl (C=O) groups is 2. The lowest BCUT2D eigenvalue weighted by molar-refractivity contribution is -0.145.